The highest BCUT2D eigenvalue weighted by atomic mass is 16.2. The van der Waals surface area contributed by atoms with Gasteiger partial charge >= 0.3 is 0 Å². The van der Waals surface area contributed by atoms with E-state index in [9.17, 15) is 9.59 Å². The first kappa shape index (κ1) is 16.8. The van der Waals surface area contributed by atoms with E-state index >= 15 is 0 Å². The molecule has 136 valence electrons. The van der Waals surface area contributed by atoms with E-state index in [-0.39, 0.29) is 17.2 Å². The molecule has 6 nitrogen and oxygen atoms in total. The molecule has 2 N–H and O–H groups in total. The van der Waals surface area contributed by atoms with Crippen molar-refractivity contribution < 1.29 is 9.59 Å². The van der Waals surface area contributed by atoms with Crippen molar-refractivity contribution in [2.75, 3.05) is 13.1 Å². The van der Waals surface area contributed by atoms with Gasteiger partial charge in [0, 0.05) is 37.3 Å². The standard InChI is InChI=1S/C20H24N4O2/c1-20(2)10-15-17(19(26)21-12-20)23-18(22-15)14-7-4-3-6-13(14)11-24-9-5-8-16(24)25/h3-4,6-7H,5,8-12H2,1-2H3,(H,21,26)(H,22,23). The number of hydrogen-bond donors (Lipinski definition) is 2. The topological polar surface area (TPSA) is 78.1 Å². The van der Waals surface area contributed by atoms with Crippen LogP contribution in [0.3, 0.4) is 0 Å². The smallest absolute Gasteiger partial charge is 0.271 e. The summed E-state index contributed by atoms with van der Waals surface area (Å²) >= 11 is 0. The molecule has 0 aliphatic carbocycles. The molecule has 0 saturated carbocycles. The van der Waals surface area contributed by atoms with Gasteiger partial charge in [0.25, 0.3) is 5.91 Å². The molecule has 0 radical (unpaired) electrons. The number of hydrogen-bond acceptors (Lipinski definition) is 3. The SMILES string of the molecule is CC1(C)CNC(=O)c2nc(-c3ccccc3CN3CCCC3=O)[nH]c2C1. The van der Waals surface area contributed by atoms with Gasteiger partial charge in [0.05, 0.1) is 0 Å². The van der Waals surface area contributed by atoms with Gasteiger partial charge in [-0.2, -0.15) is 0 Å². The number of benzene rings is 1. The minimum absolute atomic E-state index is 0.0216. The Bertz CT molecular complexity index is 868. The first-order chi connectivity index (χ1) is 12.4. The molecule has 1 fully saturated rings. The number of imidazole rings is 1. The van der Waals surface area contributed by atoms with E-state index in [1.54, 1.807) is 0 Å². The maximum Gasteiger partial charge on any atom is 0.271 e. The summed E-state index contributed by atoms with van der Waals surface area (Å²) in [6, 6.07) is 7.96. The fourth-order valence-electron chi connectivity index (χ4n) is 3.76. The number of aromatic nitrogens is 2. The van der Waals surface area contributed by atoms with Gasteiger partial charge in [0.15, 0.2) is 0 Å². The highest BCUT2D eigenvalue weighted by Gasteiger charge is 2.30. The molecule has 6 heteroatoms. The Morgan fingerprint density at radius 2 is 2.04 bits per heavy atom. The lowest BCUT2D eigenvalue weighted by atomic mass is 9.88. The zero-order chi connectivity index (χ0) is 18.3. The summed E-state index contributed by atoms with van der Waals surface area (Å²) in [5, 5.41) is 2.96. The molecule has 2 amide bonds. The normalized spacial score (nSPS) is 19.2. The molecule has 3 heterocycles. The third-order valence-electron chi connectivity index (χ3n) is 5.18. The highest BCUT2D eigenvalue weighted by Crippen LogP contribution is 2.29. The lowest BCUT2D eigenvalue weighted by molar-refractivity contribution is -0.128. The molecule has 2 aromatic rings. The van der Waals surface area contributed by atoms with E-state index in [4.69, 9.17) is 0 Å². The van der Waals surface area contributed by atoms with Gasteiger partial charge < -0.3 is 15.2 Å². The van der Waals surface area contributed by atoms with Gasteiger partial charge in [0.2, 0.25) is 5.91 Å². The van der Waals surface area contributed by atoms with E-state index in [0.717, 1.165) is 36.2 Å². The second-order valence-electron chi connectivity index (χ2n) is 8.01. The van der Waals surface area contributed by atoms with E-state index in [1.807, 2.05) is 29.2 Å². The third kappa shape index (κ3) is 3.11. The Kier molecular flexibility index (Phi) is 4.05. The molecular formula is C20H24N4O2. The number of nitrogens with one attached hydrogen (secondary N) is 2. The third-order valence-corrected chi connectivity index (χ3v) is 5.18. The summed E-state index contributed by atoms with van der Waals surface area (Å²) in [5.74, 6) is 0.779. The van der Waals surface area contributed by atoms with Gasteiger partial charge in [-0.15, -0.1) is 0 Å². The van der Waals surface area contributed by atoms with Gasteiger partial charge in [-0.1, -0.05) is 38.1 Å². The summed E-state index contributed by atoms with van der Waals surface area (Å²) < 4.78 is 0. The van der Waals surface area contributed by atoms with E-state index in [2.05, 4.69) is 29.1 Å². The van der Waals surface area contributed by atoms with Crippen LogP contribution in [0.5, 0.6) is 0 Å². The molecule has 0 atom stereocenters. The molecule has 1 aromatic carbocycles. The lowest BCUT2D eigenvalue weighted by Gasteiger charge is -2.21. The number of H-pyrrole nitrogens is 1. The van der Waals surface area contributed by atoms with E-state index in [1.165, 1.54) is 0 Å². The second kappa shape index (κ2) is 6.27. The van der Waals surface area contributed by atoms with Crippen LogP contribution in [0.2, 0.25) is 0 Å². The molecule has 4 rings (SSSR count). The highest BCUT2D eigenvalue weighted by molar-refractivity contribution is 5.94. The Balaban J connectivity index is 1.70. The molecular weight excluding hydrogens is 328 g/mol. The van der Waals surface area contributed by atoms with Gasteiger partial charge in [-0.3, -0.25) is 9.59 Å². The zero-order valence-corrected chi connectivity index (χ0v) is 15.3. The van der Waals surface area contributed by atoms with E-state index in [0.29, 0.717) is 31.0 Å². The number of aromatic amines is 1. The monoisotopic (exact) mass is 352 g/mol. The van der Waals surface area contributed by atoms with Crippen LogP contribution in [0.4, 0.5) is 0 Å². The van der Waals surface area contributed by atoms with Crippen LogP contribution < -0.4 is 5.32 Å². The van der Waals surface area contributed by atoms with Crippen molar-refractivity contribution in [1.82, 2.24) is 20.2 Å². The van der Waals surface area contributed by atoms with Crippen LogP contribution in [0.15, 0.2) is 24.3 Å². The molecule has 0 spiro atoms. The number of nitrogens with zero attached hydrogens (tertiary/aromatic N) is 2. The van der Waals surface area contributed by atoms with Crippen LogP contribution in [-0.2, 0) is 17.8 Å². The number of carbonyl (C=O) groups is 2. The minimum atomic E-state index is -0.125. The summed E-state index contributed by atoms with van der Waals surface area (Å²) in [6.45, 7) is 6.29. The number of likely N-dealkylation sites (tertiary alicyclic amines) is 1. The van der Waals surface area contributed by atoms with Crippen molar-refractivity contribution in [2.45, 2.75) is 39.7 Å². The lowest BCUT2D eigenvalue weighted by Crippen LogP contribution is -2.32. The van der Waals surface area contributed by atoms with Crippen molar-refractivity contribution in [3.05, 3.63) is 41.2 Å². The number of fused-ring (bicyclic) bond motifs is 1. The number of amides is 2. The summed E-state index contributed by atoms with van der Waals surface area (Å²) in [4.78, 5) is 34.3. The Hall–Kier alpha value is -2.63. The summed E-state index contributed by atoms with van der Waals surface area (Å²) in [6.07, 6.45) is 2.32. The summed E-state index contributed by atoms with van der Waals surface area (Å²) in [7, 11) is 0. The predicted molar refractivity (Wildman–Crippen MR) is 98.5 cm³/mol. The maximum absolute atomic E-state index is 12.4. The van der Waals surface area contributed by atoms with E-state index < -0.39 is 0 Å². The van der Waals surface area contributed by atoms with Crippen molar-refractivity contribution in [1.29, 1.82) is 0 Å². The quantitative estimate of drug-likeness (QED) is 0.891. The Morgan fingerprint density at radius 3 is 2.81 bits per heavy atom. The van der Waals surface area contributed by atoms with Gasteiger partial charge in [-0.25, -0.2) is 4.98 Å². The molecule has 2 aliphatic heterocycles. The maximum atomic E-state index is 12.4. The average molecular weight is 352 g/mol. The largest absolute Gasteiger partial charge is 0.350 e. The zero-order valence-electron chi connectivity index (χ0n) is 15.3. The fraction of sp³-hybridized carbons (Fsp3) is 0.450. The van der Waals surface area contributed by atoms with Crippen LogP contribution >= 0.6 is 0 Å². The van der Waals surface area contributed by atoms with Crippen LogP contribution in [0.1, 0.15) is 48.4 Å². The first-order valence-electron chi connectivity index (χ1n) is 9.16. The predicted octanol–water partition coefficient (Wildman–Crippen LogP) is 2.51. The molecule has 0 unspecified atom stereocenters. The average Bonchev–Trinajstić information content (AvgIpc) is 3.17. The number of rotatable bonds is 3. The molecule has 1 saturated heterocycles. The van der Waals surface area contributed by atoms with Gasteiger partial charge in [0.1, 0.15) is 11.5 Å². The van der Waals surface area contributed by atoms with Crippen molar-refractivity contribution in [3.63, 3.8) is 0 Å². The van der Waals surface area contributed by atoms with Crippen molar-refractivity contribution in [3.8, 4) is 11.4 Å². The second-order valence-corrected chi connectivity index (χ2v) is 8.01. The van der Waals surface area contributed by atoms with Crippen LogP contribution in [0, 0.1) is 5.41 Å². The Labute approximate surface area is 153 Å². The Morgan fingerprint density at radius 1 is 1.23 bits per heavy atom. The minimum Gasteiger partial charge on any atom is -0.350 e. The molecule has 2 aliphatic rings. The van der Waals surface area contributed by atoms with Crippen molar-refractivity contribution >= 4 is 11.8 Å². The van der Waals surface area contributed by atoms with Crippen molar-refractivity contribution in [2.24, 2.45) is 5.41 Å². The van der Waals surface area contributed by atoms with Gasteiger partial charge in [-0.05, 0) is 23.8 Å². The molecule has 1 aromatic heterocycles. The number of carbonyl (C=O) groups excluding carboxylic acids is 2. The van der Waals surface area contributed by atoms with Crippen LogP contribution in [0.25, 0.3) is 11.4 Å². The first-order valence-corrected chi connectivity index (χ1v) is 9.16. The fourth-order valence-corrected chi connectivity index (χ4v) is 3.76. The molecule has 26 heavy (non-hydrogen) atoms. The summed E-state index contributed by atoms with van der Waals surface area (Å²) in [5.41, 5.74) is 3.34. The molecule has 0 bridgehead atoms. The van der Waals surface area contributed by atoms with Crippen LogP contribution in [-0.4, -0.2) is 39.8 Å².